The molecule has 0 N–H and O–H groups in total. The summed E-state index contributed by atoms with van der Waals surface area (Å²) in [5, 5.41) is 0. The first-order chi connectivity index (χ1) is 6.41. The predicted octanol–water partition coefficient (Wildman–Crippen LogP) is 1.80. The van der Waals surface area contributed by atoms with Crippen LogP contribution in [0.3, 0.4) is 0 Å². The molecule has 0 radical (unpaired) electrons. The molecule has 0 aliphatic rings. The molecule has 0 bridgehead atoms. The summed E-state index contributed by atoms with van der Waals surface area (Å²) >= 11 is 0. The predicted molar refractivity (Wildman–Crippen MR) is 41.2 cm³/mol. The van der Waals surface area contributed by atoms with E-state index in [1.54, 1.807) is 0 Å². The zero-order chi connectivity index (χ0) is 10.8. The Labute approximate surface area is 78.1 Å². The van der Waals surface area contributed by atoms with Crippen LogP contribution < -0.4 is 0 Å². The first-order valence-corrected chi connectivity index (χ1v) is 3.74. The van der Waals surface area contributed by atoms with Crippen molar-refractivity contribution < 1.29 is 22.4 Å². The van der Waals surface area contributed by atoms with Gasteiger partial charge in [-0.1, -0.05) is 0 Å². The Morgan fingerprint density at radius 2 is 2.21 bits per heavy atom. The van der Waals surface area contributed by atoms with Gasteiger partial charge in [-0.25, -0.2) is 0 Å². The van der Waals surface area contributed by atoms with Gasteiger partial charge in [-0.05, 0) is 6.07 Å². The summed E-state index contributed by atoms with van der Waals surface area (Å²) in [7, 11) is 1.09. The number of halogens is 3. The molecular weight excluding hydrogens is 199 g/mol. The molecule has 6 heteroatoms. The summed E-state index contributed by atoms with van der Waals surface area (Å²) in [5.41, 5.74) is 0.519. The lowest BCUT2D eigenvalue weighted by molar-refractivity contribution is -0.184. The SMILES string of the molecule is CN(Cc1ccoc1)C(=O)C(F)(F)F. The van der Waals surface area contributed by atoms with E-state index in [1.807, 2.05) is 0 Å². The van der Waals surface area contributed by atoms with Gasteiger partial charge in [0, 0.05) is 19.2 Å². The second-order valence-corrected chi connectivity index (χ2v) is 2.79. The molecule has 0 aliphatic heterocycles. The Balaban J connectivity index is 2.59. The minimum atomic E-state index is -4.82. The van der Waals surface area contributed by atoms with Crippen LogP contribution in [0.1, 0.15) is 5.56 Å². The number of alkyl halides is 3. The summed E-state index contributed by atoms with van der Waals surface area (Å²) < 4.78 is 40.4. The highest BCUT2D eigenvalue weighted by Gasteiger charge is 2.41. The molecule has 0 saturated heterocycles. The van der Waals surface area contributed by atoms with Crippen LogP contribution in [0.4, 0.5) is 13.2 Å². The number of nitrogens with zero attached hydrogens (tertiary/aromatic N) is 1. The first kappa shape index (κ1) is 10.6. The van der Waals surface area contributed by atoms with Gasteiger partial charge in [-0.15, -0.1) is 0 Å². The van der Waals surface area contributed by atoms with Crippen molar-refractivity contribution >= 4 is 5.91 Å². The fraction of sp³-hybridized carbons (Fsp3) is 0.375. The Hall–Kier alpha value is -1.46. The van der Waals surface area contributed by atoms with Crippen molar-refractivity contribution in [1.29, 1.82) is 0 Å². The molecule has 0 unspecified atom stereocenters. The molecule has 1 heterocycles. The second-order valence-electron chi connectivity index (χ2n) is 2.79. The molecule has 1 aromatic heterocycles. The van der Waals surface area contributed by atoms with Crippen LogP contribution in [-0.2, 0) is 11.3 Å². The lowest BCUT2D eigenvalue weighted by Crippen LogP contribution is -2.37. The highest BCUT2D eigenvalue weighted by atomic mass is 19.4. The van der Waals surface area contributed by atoms with Crippen molar-refractivity contribution in [1.82, 2.24) is 4.90 Å². The normalized spacial score (nSPS) is 11.4. The number of carbonyl (C=O) groups is 1. The van der Waals surface area contributed by atoms with Crippen molar-refractivity contribution in [2.75, 3.05) is 7.05 Å². The largest absolute Gasteiger partial charge is 0.472 e. The molecule has 0 saturated carbocycles. The van der Waals surface area contributed by atoms with E-state index in [4.69, 9.17) is 0 Å². The molecule has 3 nitrogen and oxygen atoms in total. The summed E-state index contributed by atoms with van der Waals surface area (Å²) in [6, 6.07) is 1.50. The monoisotopic (exact) mass is 207 g/mol. The van der Waals surface area contributed by atoms with E-state index in [-0.39, 0.29) is 6.54 Å². The van der Waals surface area contributed by atoms with Crippen LogP contribution in [0.25, 0.3) is 0 Å². The van der Waals surface area contributed by atoms with Crippen LogP contribution >= 0.6 is 0 Å². The van der Waals surface area contributed by atoms with Gasteiger partial charge in [0.05, 0.1) is 12.5 Å². The molecule has 78 valence electrons. The number of rotatable bonds is 2. The van der Waals surface area contributed by atoms with Gasteiger partial charge in [0.1, 0.15) is 0 Å². The third-order valence-corrected chi connectivity index (χ3v) is 1.59. The standard InChI is InChI=1S/C8H8F3NO2/c1-12(7(13)8(9,10)11)4-6-2-3-14-5-6/h2-3,5H,4H2,1H3. The third kappa shape index (κ3) is 2.51. The maximum Gasteiger partial charge on any atom is 0.471 e. The topological polar surface area (TPSA) is 33.5 Å². The maximum absolute atomic E-state index is 11.9. The molecule has 0 spiro atoms. The average molecular weight is 207 g/mol. The van der Waals surface area contributed by atoms with Crippen LogP contribution in [0.2, 0.25) is 0 Å². The summed E-state index contributed by atoms with van der Waals surface area (Å²) in [5.74, 6) is -1.86. The van der Waals surface area contributed by atoms with E-state index in [9.17, 15) is 18.0 Å². The summed E-state index contributed by atoms with van der Waals surface area (Å²) in [6.45, 7) is -0.116. The number of hydrogen-bond donors (Lipinski definition) is 0. The van der Waals surface area contributed by atoms with Crippen molar-refractivity contribution in [2.45, 2.75) is 12.7 Å². The minimum Gasteiger partial charge on any atom is -0.472 e. The van der Waals surface area contributed by atoms with E-state index in [0.29, 0.717) is 10.5 Å². The molecule has 0 aliphatic carbocycles. The Morgan fingerprint density at radius 3 is 2.64 bits per heavy atom. The quantitative estimate of drug-likeness (QED) is 0.740. The Bertz CT molecular complexity index is 305. The van der Waals surface area contributed by atoms with Crippen LogP contribution in [0.5, 0.6) is 0 Å². The Kier molecular flexibility index (Phi) is 2.83. The molecular formula is C8H8F3NO2. The summed E-state index contributed by atoms with van der Waals surface area (Å²) in [6.07, 6.45) is -2.19. The number of carbonyl (C=O) groups excluding carboxylic acids is 1. The average Bonchev–Trinajstić information content (AvgIpc) is 2.53. The third-order valence-electron chi connectivity index (χ3n) is 1.59. The van der Waals surface area contributed by atoms with E-state index in [0.717, 1.165) is 7.05 Å². The minimum absolute atomic E-state index is 0.116. The first-order valence-electron chi connectivity index (χ1n) is 3.74. The molecule has 0 atom stereocenters. The lowest BCUT2D eigenvalue weighted by Gasteiger charge is -2.17. The zero-order valence-electron chi connectivity index (χ0n) is 7.34. The molecule has 0 fully saturated rings. The van der Waals surface area contributed by atoms with Crippen molar-refractivity contribution in [2.24, 2.45) is 0 Å². The second kappa shape index (κ2) is 3.73. The van der Waals surface area contributed by atoms with Crippen LogP contribution in [0, 0.1) is 0 Å². The smallest absolute Gasteiger partial charge is 0.471 e. The highest BCUT2D eigenvalue weighted by molar-refractivity contribution is 5.81. The van der Waals surface area contributed by atoms with E-state index >= 15 is 0 Å². The van der Waals surface area contributed by atoms with Gasteiger partial charge in [-0.2, -0.15) is 13.2 Å². The lowest BCUT2D eigenvalue weighted by atomic mass is 10.3. The van der Waals surface area contributed by atoms with Gasteiger partial charge < -0.3 is 9.32 Å². The molecule has 0 aromatic carbocycles. The summed E-state index contributed by atoms with van der Waals surface area (Å²) in [4.78, 5) is 11.2. The highest BCUT2D eigenvalue weighted by Crippen LogP contribution is 2.18. The van der Waals surface area contributed by atoms with Gasteiger partial charge in [0.2, 0.25) is 0 Å². The van der Waals surface area contributed by atoms with Crippen molar-refractivity contribution in [3.05, 3.63) is 24.2 Å². The van der Waals surface area contributed by atoms with Gasteiger partial charge in [0.15, 0.2) is 0 Å². The van der Waals surface area contributed by atoms with Gasteiger partial charge in [-0.3, -0.25) is 4.79 Å². The fourth-order valence-corrected chi connectivity index (χ4v) is 0.945. The van der Waals surface area contributed by atoms with E-state index < -0.39 is 12.1 Å². The molecule has 14 heavy (non-hydrogen) atoms. The van der Waals surface area contributed by atoms with Gasteiger partial charge in [0.25, 0.3) is 0 Å². The van der Waals surface area contributed by atoms with E-state index in [2.05, 4.69) is 4.42 Å². The van der Waals surface area contributed by atoms with Crippen LogP contribution in [0.15, 0.2) is 23.0 Å². The van der Waals surface area contributed by atoms with Gasteiger partial charge >= 0.3 is 12.1 Å². The number of hydrogen-bond acceptors (Lipinski definition) is 2. The van der Waals surface area contributed by atoms with E-state index in [1.165, 1.54) is 18.6 Å². The molecule has 1 aromatic rings. The number of furan rings is 1. The molecule has 1 rings (SSSR count). The van der Waals surface area contributed by atoms with Crippen molar-refractivity contribution in [3.8, 4) is 0 Å². The number of amides is 1. The maximum atomic E-state index is 11.9. The zero-order valence-corrected chi connectivity index (χ0v) is 7.34. The molecule has 1 amide bonds. The fourth-order valence-electron chi connectivity index (χ4n) is 0.945. The Morgan fingerprint density at radius 1 is 1.57 bits per heavy atom. The van der Waals surface area contributed by atoms with Crippen LogP contribution in [-0.4, -0.2) is 24.0 Å². The van der Waals surface area contributed by atoms with Crippen molar-refractivity contribution in [3.63, 3.8) is 0 Å².